The Morgan fingerprint density at radius 2 is 2.27 bits per heavy atom. The first-order valence-electron chi connectivity index (χ1n) is 8.82. The molecule has 2 atom stereocenters. The van der Waals surface area contributed by atoms with E-state index in [4.69, 9.17) is 4.74 Å². The summed E-state index contributed by atoms with van der Waals surface area (Å²) in [7, 11) is 0. The number of carboxylic acid groups (broad SMARTS) is 1. The molecule has 0 radical (unpaired) electrons. The van der Waals surface area contributed by atoms with E-state index in [1.165, 1.54) is 0 Å². The molecule has 1 saturated heterocycles. The zero-order valence-corrected chi connectivity index (χ0v) is 15.3. The third-order valence-electron chi connectivity index (χ3n) is 4.92. The predicted molar refractivity (Wildman–Crippen MR) is 95.2 cm³/mol. The van der Waals surface area contributed by atoms with E-state index in [2.05, 4.69) is 22.3 Å². The van der Waals surface area contributed by atoms with E-state index in [0.29, 0.717) is 35.3 Å². The van der Waals surface area contributed by atoms with E-state index in [-0.39, 0.29) is 25.0 Å². The molecule has 0 saturated carbocycles. The maximum atomic E-state index is 13.0. The van der Waals surface area contributed by atoms with Gasteiger partial charge in [-0.2, -0.15) is 5.10 Å². The lowest BCUT2D eigenvalue weighted by atomic mass is 9.93. The van der Waals surface area contributed by atoms with Gasteiger partial charge in [0.2, 0.25) is 0 Å². The summed E-state index contributed by atoms with van der Waals surface area (Å²) in [4.78, 5) is 28.8. The number of rotatable bonds is 6. The first kappa shape index (κ1) is 18.3. The summed E-state index contributed by atoms with van der Waals surface area (Å²) in [5.74, 6) is -1.28. The number of aryl methyl sites for hydroxylation is 1. The van der Waals surface area contributed by atoms with Gasteiger partial charge in [-0.3, -0.25) is 9.59 Å². The second-order valence-electron chi connectivity index (χ2n) is 7.00. The average Bonchev–Trinajstić information content (AvgIpc) is 3.19. The second-order valence-corrected chi connectivity index (χ2v) is 7.00. The Morgan fingerprint density at radius 3 is 2.88 bits per heavy atom. The number of fused-ring (bicyclic) bond motifs is 1. The number of ether oxygens (including phenoxy) is 1. The molecule has 1 fully saturated rings. The minimum absolute atomic E-state index is 0.166. The molecule has 140 valence electrons. The quantitative estimate of drug-likeness (QED) is 0.817. The molecule has 8 heteroatoms. The van der Waals surface area contributed by atoms with E-state index in [1.807, 2.05) is 18.5 Å². The maximum Gasteiger partial charge on any atom is 0.305 e. The number of carbonyl (C=O) groups excluding carboxylic acids is 1. The molecule has 2 N–H and O–H groups in total. The largest absolute Gasteiger partial charge is 0.481 e. The number of aliphatic carboxylic acids is 1. The number of hydrogen-bond acceptors (Lipinski definition) is 5. The van der Waals surface area contributed by atoms with E-state index in [0.717, 1.165) is 6.42 Å². The fraction of sp³-hybridized carbons (Fsp3) is 0.556. The summed E-state index contributed by atoms with van der Waals surface area (Å²) in [6.45, 7) is 6.58. The Morgan fingerprint density at radius 1 is 1.50 bits per heavy atom. The molecule has 3 rings (SSSR count). The lowest BCUT2D eigenvalue weighted by Crippen LogP contribution is -2.50. The van der Waals surface area contributed by atoms with Gasteiger partial charge in [0.15, 0.2) is 5.65 Å². The Bertz CT molecular complexity index is 839. The van der Waals surface area contributed by atoms with E-state index in [1.54, 1.807) is 12.3 Å². The first-order chi connectivity index (χ1) is 12.3. The van der Waals surface area contributed by atoms with Gasteiger partial charge in [-0.15, -0.1) is 0 Å². The number of nitrogens with zero attached hydrogens (tertiary/aromatic N) is 3. The van der Waals surface area contributed by atoms with Crippen LogP contribution in [0.25, 0.3) is 11.0 Å². The molecule has 0 aromatic carbocycles. The number of hydrogen-bond donors (Lipinski definition) is 2. The van der Waals surface area contributed by atoms with Crippen molar-refractivity contribution in [3.63, 3.8) is 0 Å². The van der Waals surface area contributed by atoms with Crippen molar-refractivity contribution >= 4 is 22.9 Å². The molecule has 1 aliphatic rings. The van der Waals surface area contributed by atoms with Crippen molar-refractivity contribution in [2.75, 3.05) is 13.2 Å². The van der Waals surface area contributed by atoms with Crippen LogP contribution in [0.1, 0.15) is 55.2 Å². The molecular formula is C18H24N4O4. The highest BCUT2D eigenvalue weighted by Crippen LogP contribution is 2.26. The normalized spacial score (nSPS) is 21.0. The Hall–Kier alpha value is -2.48. The van der Waals surface area contributed by atoms with Crippen LogP contribution in [0.3, 0.4) is 0 Å². The van der Waals surface area contributed by atoms with Crippen molar-refractivity contribution in [3.8, 4) is 0 Å². The number of carboxylic acids is 1. The summed E-state index contributed by atoms with van der Waals surface area (Å²) >= 11 is 0. The molecule has 3 heterocycles. The SMILES string of the molecule is CCC(C)n1ncc2c(C(=O)NC3(CC(=O)O)CCOC3)cc(C)nc21. The molecular weight excluding hydrogens is 336 g/mol. The van der Waals surface area contributed by atoms with E-state index in [9.17, 15) is 14.7 Å². The van der Waals surface area contributed by atoms with Crippen LogP contribution < -0.4 is 5.32 Å². The van der Waals surface area contributed by atoms with Crippen LogP contribution in [0.2, 0.25) is 0 Å². The molecule has 1 amide bonds. The van der Waals surface area contributed by atoms with Gasteiger partial charge in [0, 0.05) is 12.3 Å². The predicted octanol–water partition coefficient (Wildman–Crippen LogP) is 2.07. The van der Waals surface area contributed by atoms with E-state index < -0.39 is 11.5 Å². The summed E-state index contributed by atoms with van der Waals surface area (Å²) in [5, 5.41) is 17.2. The number of amides is 1. The maximum absolute atomic E-state index is 13.0. The van der Waals surface area contributed by atoms with E-state index >= 15 is 0 Å². The smallest absolute Gasteiger partial charge is 0.305 e. The van der Waals surface area contributed by atoms with Gasteiger partial charge in [-0.05, 0) is 32.8 Å². The first-order valence-corrected chi connectivity index (χ1v) is 8.82. The lowest BCUT2D eigenvalue weighted by Gasteiger charge is -2.27. The summed E-state index contributed by atoms with van der Waals surface area (Å²) in [5.41, 5.74) is 0.958. The van der Waals surface area contributed by atoms with Crippen molar-refractivity contribution < 1.29 is 19.4 Å². The zero-order valence-electron chi connectivity index (χ0n) is 15.3. The van der Waals surface area contributed by atoms with Crippen LogP contribution in [0.15, 0.2) is 12.3 Å². The standard InChI is InChI=1S/C18H24N4O4/c1-4-12(3)22-16-14(9-19-22)13(7-11(2)20-16)17(25)21-18(8-15(23)24)5-6-26-10-18/h7,9,12H,4-6,8,10H2,1-3H3,(H,21,25)(H,23,24). The van der Waals surface area contributed by atoms with Crippen molar-refractivity contribution in [1.82, 2.24) is 20.1 Å². The number of pyridine rings is 1. The molecule has 0 spiro atoms. The van der Waals surface area contributed by atoms with Crippen molar-refractivity contribution in [3.05, 3.63) is 23.5 Å². The van der Waals surface area contributed by atoms with Crippen LogP contribution in [-0.4, -0.2) is 50.5 Å². The molecule has 2 aromatic rings. The molecule has 2 unspecified atom stereocenters. The van der Waals surface area contributed by atoms with Gasteiger partial charge < -0.3 is 15.2 Å². The third-order valence-corrected chi connectivity index (χ3v) is 4.92. The van der Waals surface area contributed by atoms with Crippen LogP contribution >= 0.6 is 0 Å². The minimum atomic E-state index is -0.962. The van der Waals surface area contributed by atoms with Crippen LogP contribution in [0.4, 0.5) is 0 Å². The Kier molecular flexibility index (Phi) is 4.95. The fourth-order valence-corrected chi connectivity index (χ4v) is 3.31. The molecule has 2 aromatic heterocycles. The fourth-order valence-electron chi connectivity index (χ4n) is 3.31. The van der Waals surface area contributed by atoms with Gasteiger partial charge in [0.1, 0.15) is 0 Å². The summed E-state index contributed by atoms with van der Waals surface area (Å²) in [6.07, 6.45) is 2.85. The van der Waals surface area contributed by atoms with Crippen molar-refractivity contribution in [2.24, 2.45) is 0 Å². The monoisotopic (exact) mass is 360 g/mol. The van der Waals surface area contributed by atoms with Gasteiger partial charge in [-0.25, -0.2) is 9.67 Å². The van der Waals surface area contributed by atoms with Gasteiger partial charge in [0.05, 0.1) is 41.8 Å². The van der Waals surface area contributed by atoms with Gasteiger partial charge in [-0.1, -0.05) is 6.92 Å². The van der Waals surface area contributed by atoms with Gasteiger partial charge in [0.25, 0.3) is 5.91 Å². The molecule has 0 aliphatic carbocycles. The molecule has 26 heavy (non-hydrogen) atoms. The van der Waals surface area contributed by atoms with Crippen molar-refractivity contribution in [1.29, 1.82) is 0 Å². The second kappa shape index (κ2) is 7.03. The minimum Gasteiger partial charge on any atom is -0.481 e. The lowest BCUT2D eigenvalue weighted by molar-refractivity contribution is -0.138. The van der Waals surface area contributed by atoms with Crippen LogP contribution in [-0.2, 0) is 9.53 Å². The molecule has 1 aliphatic heterocycles. The Labute approximate surface area is 151 Å². The average molecular weight is 360 g/mol. The topological polar surface area (TPSA) is 106 Å². The highest BCUT2D eigenvalue weighted by molar-refractivity contribution is 6.06. The highest BCUT2D eigenvalue weighted by Gasteiger charge is 2.39. The van der Waals surface area contributed by atoms with Gasteiger partial charge >= 0.3 is 5.97 Å². The summed E-state index contributed by atoms with van der Waals surface area (Å²) in [6, 6.07) is 1.88. The zero-order chi connectivity index (χ0) is 18.9. The molecule has 8 nitrogen and oxygen atoms in total. The third kappa shape index (κ3) is 3.41. The number of nitrogens with one attached hydrogen (secondary N) is 1. The Balaban J connectivity index is 1.98. The van der Waals surface area contributed by atoms with Crippen LogP contribution in [0, 0.1) is 6.92 Å². The summed E-state index contributed by atoms with van der Waals surface area (Å²) < 4.78 is 7.18. The molecule has 0 bridgehead atoms. The highest BCUT2D eigenvalue weighted by atomic mass is 16.5. The number of aromatic nitrogens is 3. The van der Waals surface area contributed by atoms with Crippen molar-refractivity contribution in [2.45, 2.75) is 51.6 Å². The number of carbonyl (C=O) groups is 2. The van der Waals surface area contributed by atoms with Crippen LogP contribution in [0.5, 0.6) is 0 Å².